The summed E-state index contributed by atoms with van der Waals surface area (Å²) >= 11 is 0. The Morgan fingerprint density at radius 1 is 1.19 bits per heavy atom. The molecule has 0 fully saturated rings. The highest BCUT2D eigenvalue weighted by Crippen LogP contribution is 2.35. The first-order valence-corrected chi connectivity index (χ1v) is 7.92. The van der Waals surface area contributed by atoms with Crippen LogP contribution in [-0.2, 0) is 16.8 Å². The summed E-state index contributed by atoms with van der Waals surface area (Å²) < 4.78 is 1.92. The number of Topliss-reactive ketones (excluding diaryl/α,β-unsaturated/α-hetero) is 1. The summed E-state index contributed by atoms with van der Waals surface area (Å²) in [4.78, 5) is 12.4. The molecule has 0 aliphatic carbocycles. The Balaban J connectivity index is 2.90. The Bertz CT molecular complexity index is 484. The summed E-state index contributed by atoms with van der Waals surface area (Å²) in [6, 6.07) is 0. The van der Waals surface area contributed by atoms with Crippen LogP contribution in [0.4, 0.5) is 0 Å². The van der Waals surface area contributed by atoms with Crippen LogP contribution < -0.4 is 0 Å². The molecule has 0 aromatic carbocycles. The maximum Gasteiger partial charge on any atom is 0.141 e. The number of hydrogen-bond donors (Lipinski definition) is 0. The van der Waals surface area contributed by atoms with Crippen molar-refractivity contribution >= 4 is 5.78 Å². The van der Waals surface area contributed by atoms with Crippen molar-refractivity contribution in [1.29, 1.82) is 0 Å². The van der Waals surface area contributed by atoms with E-state index in [-0.39, 0.29) is 16.9 Å². The Kier molecular flexibility index (Phi) is 5.35. The molecule has 21 heavy (non-hydrogen) atoms. The molecule has 1 aromatic heterocycles. The zero-order valence-electron chi connectivity index (χ0n) is 14.9. The second-order valence-electron chi connectivity index (χ2n) is 8.14. The summed E-state index contributed by atoms with van der Waals surface area (Å²) in [5, 5.41) is 8.55. The lowest BCUT2D eigenvalue weighted by atomic mass is 9.74. The van der Waals surface area contributed by atoms with Gasteiger partial charge >= 0.3 is 0 Å². The molecule has 0 aliphatic heterocycles. The molecule has 1 aromatic rings. The van der Waals surface area contributed by atoms with Gasteiger partial charge in [-0.25, -0.2) is 4.68 Å². The van der Waals surface area contributed by atoms with E-state index in [9.17, 15) is 4.79 Å². The van der Waals surface area contributed by atoms with Crippen LogP contribution in [-0.4, -0.2) is 20.8 Å². The van der Waals surface area contributed by atoms with E-state index in [4.69, 9.17) is 0 Å². The number of hydrogen-bond acceptors (Lipinski definition) is 3. The minimum absolute atomic E-state index is 0.0584. The van der Waals surface area contributed by atoms with Gasteiger partial charge in [-0.2, -0.15) is 0 Å². The fourth-order valence-corrected chi connectivity index (χ4v) is 3.14. The molecule has 0 bridgehead atoms. The Morgan fingerprint density at radius 2 is 1.76 bits per heavy atom. The van der Waals surface area contributed by atoms with Crippen molar-refractivity contribution in [3.05, 3.63) is 11.9 Å². The third-order valence-electron chi connectivity index (χ3n) is 3.84. The molecule has 0 unspecified atom stereocenters. The Morgan fingerprint density at radius 3 is 2.24 bits per heavy atom. The minimum Gasteiger partial charge on any atom is -0.299 e. The van der Waals surface area contributed by atoms with Crippen LogP contribution in [0.1, 0.15) is 67.5 Å². The quantitative estimate of drug-likeness (QED) is 0.767. The van der Waals surface area contributed by atoms with E-state index in [1.807, 2.05) is 38.6 Å². The zero-order valence-corrected chi connectivity index (χ0v) is 14.9. The number of carbonyl (C=O) groups excluding carboxylic acids is 1. The molecular weight excluding hydrogens is 262 g/mol. The molecule has 0 atom stereocenters. The van der Waals surface area contributed by atoms with E-state index in [0.29, 0.717) is 11.7 Å². The highest BCUT2D eigenvalue weighted by molar-refractivity contribution is 5.85. The molecule has 1 rings (SSSR count). The van der Waals surface area contributed by atoms with Gasteiger partial charge in [0.25, 0.3) is 0 Å². The van der Waals surface area contributed by atoms with Gasteiger partial charge in [-0.1, -0.05) is 46.8 Å². The molecule has 4 nitrogen and oxygen atoms in total. The van der Waals surface area contributed by atoms with Crippen molar-refractivity contribution in [2.24, 2.45) is 17.3 Å². The SMILES string of the molecule is CC(C)Cc1cn(C(C)(C)CC(C)(C)C(=O)C(C)C)nn1. The molecular formula is C17H31N3O. The van der Waals surface area contributed by atoms with E-state index >= 15 is 0 Å². The van der Waals surface area contributed by atoms with E-state index in [0.717, 1.165) is 18.5 Å². The van der Waals surface area contributed by atoms with E-state index < -0.39 is 0 Å². The average Bonchev–Trinajstić information content (AvgIpc) is 2.74. The van der Waals surface area contributed by atoms with Gasteiger partial charge in [-0.3, -0.25) is 4.79 Å². The van der Waals surface area contributed by atoms with E-state index in [1.54, 1.807) is 0 Å². The average molecular weight is 293 g/mol. The maximum atomic E-state index is 12.4. The Labute approximate surface area is 129 Å². The fraction of sp³-hybridized carbons (Fsp3) is 0.824. The van der Waals surface area contributed by atoms with Gasteiger partial charge in [-0.15, -0.1) is 5.10 Å². The molecule has 120 valence electrons. The third-order valence-corrected chi connectivity index (χ3v) is 3.84. The second-order valence-corrected chi connectivity index (χ2v) is 8.14. The van der Waals surface area contributed by atoms with Crippen LogP contribution in [0, 0.1) is 17.3 Å². The van der Waals surface area contributed by atoms with Crippen molar-refractivity contribution in [2.75, 3.05) is 0 Å². The smallest absolute Gasteiger partial charge is 0.141 e. The molecule has 0 spiro atoms. The van der Waals surface area contributed by atoms with Gasteiger partial charge in [0.15, 0.2) is 0 Å². The fourth-order valence-electron chi connectivity index (χ4n) is 3.14. The zero-order chi connectivity index (χ0) is 16.4. The number of ketones is 1. The highest BCUT2D eigenvalue weighted by Gasteiger charge is 2.37. The van der Waals surface area contributed by atoms with Crippen LogP contribution >= 0.6 is 0 Å². The van der Waals surface area contributed by atoms with Crippen molar-refractivity contribution in [2.45, 2.75) is 73.8 Å². The lowest BCUT2D eigenvalue weighted by molar-refractivity contribution is -0.131. The van der Waals surface area contributed by atoms with Gasteiger partial charge in [0.1, 0.15) is 5.78 Å². The third kappa shape index (κ3) is 4.65. The standard InChI is InChI=1S/C17H31N3O/c1-12(2)9-14-10-20(19-18-14)17(7,8)11-16(5,6)15(21)13(3)4/h10,12-13H,9,11H2,1-8H3. The summed E-state index contributed by atoms with van der Waals surface area (Å²) in [6.07, 6.45) is 3.71. The summed E-state index contributed by atoms with van der Waals surface area (Å²) in [5.41, 5.74) is 0.434. The number of aromatic nitrogens is 3. The van der Waals surface area contributed by atoms with Crippen molar-refractivity contribution in [3.63, 3.8) is 0 Å². The van der Waals surface area contributed by atoms with Crippen molar-refractivity contribution in [3.8, 4) is 0 Å². The van der Waals surface area contributed by atoms with E-state index in [1.165, 1.54) is 0 Å². The van der Waals surface area contributed by atoms with E-state index in [2.05, 4.69) is 38.0 Å². The summed E-state index contributed by atoms with van der Waals surface area (Å²) in [7, 11) is 0. The molecule has 0 radical (unpaired) electrons. The maximum absolute atomic E-state index is 12.4. The van der Waals surface area contributed by atoms with Gasteiger partial charge in [0.2, 0.25) is 0 Å². The molecule has 4 heteroatoms. The van der Waals surface area contributed by atoms with Gasteiger partial charge in [-0.05, 0) is 32.6 Å². The van der Waals surface area contributed by atoms with Crippen LogP contribution in [0.2, 0.25) is 0 Å². The normalized spacial score (nSPS) is 13.2. The van der Waals surface area contributed by atoms with Gasteiger partial charge < -0.3 is 0 Å². The molecule has 0 aliphatic rings. The lowest BCUT2D eigenvalue weighted by Gasteiger charge is -2.34. The topological polar surface area (TPSA) is 47.8 Å². The minimum atomic E-state index is -0.359. The first-order valence-electron chi connectivity index (χ1n) is 7.92. The number of carbonyl (C=O) groups is 1. The number of nitrogens with zero attached hydrogens (tertiary/aromatic N) is 3. The van der Waals surface area contributed by atoms with Crippen LogP contribution in [0.25, 0.3) is 0 Å². The molecule has 0 amide bonds. The summed E-state index contributed by atoms with van der Waals surface area (Å²) in [5.74, 6) is 0.929. The van der Waals surface area contributed by atoms with Crippen LogP contribution in [0.15, 0.2) is 6.20 Å². The molecule has 0 saturated heterocycles. The predicted molar refractivity (Wildman–Crippen MR) is 86.1 cm³/mol. The monoisotopic (exact) mass is 293 g/mol. The Hall–Kier alpha value is -1.19. The van der Waals surface area contributed by atoms with Crippen molar-refractivity contribution in [1.82, 2.24) is 15.0 Å². The van der Waals surface area contributed by atoms with Gasteiger partial charge in [0, 0.05) is 17.5 Å². The van der Waals surface area contributed by atoms with Crippen LogP contribution in [0.5, 0.6) is 0 Å². The van der Waals surface area contributed by atoms with Gasteiger partial charge in [0.05, 0.1) is 11.2 Å². The lowest BCUT2D eigenvalue weighted by Crippen LogP contribution is -2.38. The number of rotatable bonds is 7. The van der Waals surface area contributed by atoms with Crippen LogP contribution in [0.3, 0.4) is 0 Å². The van der Waals surface area contributed by atoms with Crippen molar-refractivity contribution < 1.29 is 4.79 Å². The summed E-state index contributed by atoms with van der Waals surface area (Å²) in [6.45, 7) is 16.6. The second kappa shape index (κ2) is 6.29. The molecule has 0 saturated carbocycles. The molecule has 0 N–H and O–H groups in total. The largest absolute Gasteiger partial charge is 0.299 e. The predicted octanol–water partition coefficient (Wildman–Crippen LogP) is 3.85. The molecule has 1 heterocycles. The first-order chi connectivity index (χ1) is 9.45. The first kappa shape index (κ1) is 17.9. The highest BCUT2D eigenvalue weighted by atomic mass is 16.1.